The van der Waals surface area contributed by atoms with Crippen LogP contribution >= 0.6 is 0 Å². The van der Waals surface area contributed by atoms with E-state index in [2.05, 4.69) is 0 Å². The smallest absolute Gasteiger partial charge is 0.392 e. The lowest BCUT2D eigenvalue weighted by molar-refractivity contribution is -0.138. The Morgan fingerprint density at radius 2 is 0.929 bits per heavy atom. The van der Waals surface area contributed by atoms with Crippen molar-refractivity contribution in [1.29, 1.82) is 0 Å². The lowest BCUT2D eigenvalue weighted by Gasteiger charge is -2.15. The summed E-state index contributed by atoms with van der Waals surface area (Å²) in [5, 5.41) is 9.83. The summed E-state index contributed by atoms with van der Waals surface area (Å²) in [7, 11) is 0. The van der Waals surface area contributed by atoms with Gasteiger partial charge in [-0.25, -0.2) is 0 Å². The van der Waals surface area contributed by atoms with Crippen LogP contribution in [-0.2, 0) is 19.0 Å². The van der Waals surface area contributed by atoms with E-state index in [0.717, 1.165) is 24.3 Å². The van der Waals surface area contributed by atoms with Gasteiger partial charge in [-0.2, -0.15) is 26.3 Å². The van der Waals surface area contributed by atoms with E-state index >= 15 is 0 Å². The molecule has 0 aliphatic rings. The molecule has 0 spiro atoms. The molecule has 0 aliphatic heterocycles. The van der Waals surface area contributed by atoms with Crippen LogP contribution in [0.2, 0.25) is 0 Å². The predicted molar refractivity (Wildman–Crippen MR) is 93.2 cm³/mol. The van der Waals surface area contributed by atoms with Crippen LogP contribution in [0.1, 0.15) is 16.7 Å². The fourth-order valence-electron chi connectivity index (χ4n) is 2.98. The molecule has 28 heavy (non-hydrogen) atoms. The van der Waals surface area contributed by atoms with Crippen LogP contribution in [0.4, 0.5) is 26.3 Å². The molecule has 0 heterocycles. The number of hydrogen-bond acceptors (Lipinski definition) is 1. The molecule has 1 N–H and O–H groups in total. The molecule has 0 saturated heterocycles. The molecule has 0 fully saturated rings. The summed E-state index contributed by atoms with van der Waals surface area (Å²) in [5.41, 5.74) is 0.780. The van der Waals surface area contributed by atoms with Crippen molar-refractivity contribution >= 4 is 0 Å². The van der Waals surface area contributed by atoms with Crippen molar-refractivity contribution < 1.29 is 31.4 Å². The van der Waals surface area contributed by atoms with Gasteiger partial charge in [-0.05, 0) is 52.1 Å². The first-order chi connectivity index (χ1) is 13.1. The standard InChI is InChI=1S/C21H14F6O/c22-20(23,24)15-8-4-13(5-9-15)17-2-1-3-18(19(17)12-28)14-6-10-16(11-7-14)21(25,26)27/h1-11,28H,12H2. The summed E-state index contributed by atoms with van der Waals surface area (Å²) in [6.07, 6.45) is -8.92. The third kappa shape index (κ3) is 4.04. The van der Waals surface area contributed by atoms with Gasteiger partial charge in [0.15, 0.2) is 0 Å². The van der Waals surface area contributed by atoms with Crippen LogP contribution in [0.25, 0.3) is 22.3 Å². The van der Waals surface area contributed by atoms with Gasteiger partial charge in [0.25, 0.3) is 0 Å². The molecule has 0 unspecified atom stereocenters. The average molecular weight is 396 g/mol. The Morgan fingerprint density at radius 3 is 1.21 bits per heavy atom. The van der Waals surface area contributed by atoms with E-state index in [1.165, 1.54) is 24.3 Å². The fourth-order valence-corrected chi connectivity index (χ4v) is 2.98. The maximum Gasteiger partial charge on any atom is 0.416 e. The second kappa shape index (κ2) is 7.31. The average Bonchev–Trinajstić information content (AvgIpc) is 2.66. The molecule has 0 saturated carbocycles. The second-order valence-electron chi connectivity index (χ2n) is 6.14. The van der Waals surface area contributed by atoms with E-state index in [1.807, 2.05) is 0 Å². The molecule has 7 heteroatoms. The Labute approximate surface area is 156 Å². The minimum Gasteiger partial charge on any atom is -0.392 e. The first-order valence-electron chi connectivity index (χ1n) is 8.19. The van der Waals surface area contributed by atoms with Crippen molar-refractivity contribution in [2.24, 2.45) is 0 Å². The molecule has 0 atom stereocenters. The monoisotopic (exact) mass is 396 g/mol. The lowest BCUT2D eigenvalue weighted by atomic mass is 9.91. The van der Waals surface area contributed by atoms with Gasteiger partial charge in [-0.3, -0.25) is 0 Å². The van der Waals surface area contributed by atoms with Crippen molar-refractivity contribution in [2.75, 3.05) is 0 Å². The molecule has 3 aromatic rings. The van der Waals surface area contributed by atoms with Crippen molar-refractivity contribution in [3.05, 3.63) is 83.4 Å². The van der Waals surface area contributed by atoms with Gasteiger partial charge < -0.3 is 5.11 Å². The number of halogens is 6. The number of hydrogen-bond donors (Lipinski definition) is 1. The summed E-state index contributed by atoms with van der Waals surface area (Å²) in [6.45, 7) is -0.423. The van der Waals surface area contributed by atoms with Crippen molar-refractivity contribution in [3.8, 4) is 22.3 Å². The molecular weight excluding hydrogens is 382 g/mol. The van der Waals surface area contributed by atoms with Gasteiger partial charge in [0.1, 0.15) is 0 Å². The second-order valence-corrected chi connectivity index (χ2v) is 6.14. The van der Waals surface area contributed by atoms with E-state index in [4.69, 9.17) is 0 Å². The predicted octanol–water partition coefficient (Wildman–Crippen LogP) is 6.55. The fraction of sp³-hybridized carbons (Fsp3) is 0.143. The largest absolute Gasteiger partial charge is 0.416 e. The first-order valence-corrected chi connectivity index (χ1v) is 8.19. The van der Waals surface area contributed by atoms with E-state index in [-0.39, 0.29) is 0 Å². The van der Waals surface area contributed by atoms with Crippen LogP contribution in [0.15, 0.2) is 66.7 Å². The SMILES string of the molecule is OCc1c(-c2ccc(C(F)(F)F)cc2)cccc1-c1ccc(C(F)(F)F)cc1. The Bertz CT molecular complexity index is 878. The molecule has 0 aromatic heterocycles. The van der Waals surface area contributed by atoms with E-state index in [1.54, 1.807) is 18.2 Å². The third-order valence-electron chi connectivity index (χ3n) is 4.38. The highest BCUT2D eigenvalue weighted by molar-refractivity contribution is 5.78. The summed E-state index contributed by atoms with van der Waals surface area (Å²) in [6, 6.07) is 13.9. The van der Waals surface area contributed by atoms with Crippen molar-refractivity contribution in [2.45, 2.75) is 19.0 Å². The van der Waals surface area contributed by atoms with Crippen LogP contribution in [-0.4, -0.2) is 5.11 Å². The quantitative estimate of drug-likeness (QED) is 0.498. The van der Waals surface area contributed by atoms with Crippen LogP contribution < -0.4 is 0 Å². The number of rotatable bonds is 3. The normalized spacial score (nSPS) is 12.2. The van der Waals surface area contributed by atoms with Gasteiger partial charge >= 0.3 is 12.4 Å². The zero-order valence-corrected chi connectivity index (χ0v) is 14.3. The van der Waals surface area contributed by atoms with Crippen LogP contribution in [0.5, 0.6) is 0 Å². The lowest BCUT2D eigenvalue weighted by Crippen LogP contribution is -2.04. The molecule has 146 valence electrons. The molecule has 3 aromatic carbocycles. The number of benzene rings is 3. The van der Waals surface area contributed by atoms with Gasteiger partial charge in [0.05, 0.1) is 17.7 Å². The number of alkyl halides is 6. The summed E-state index contributed by atoms with van der Waals surface area (Å²) >= 11 is 0. The van der Waals surface area contributed by atoms with Gasteiger partial charge in [-0.1, -0.05) is 42.5 Å². The Morgan fingerprint density at radius 1 is 0.571 bits per heavy atom. The zero-order valence-electron chi connectivity index (χ0n) is 14.3. The highest BCUT2D eigenvalue weighted by Gasteiger charge is 2.31. The van der Waals surface area contributed by atoms with Gasteiger partial charge in [0, 0.05) is 0 Å². The molecular formula is C21H14F6O. The Balaban J connectivity index is 2.04. The maximum absolute atomic E-state index is 12.7. The molecule has 1 nitrogen and oxygen atoms in total. The maximum atomic E-state index is 12.7. The first kappa shape index (κ1) is 19.9. The summed E-state index contributed by atoms with van der Waals surface area (Å²) in [4.78, 5) is 0. The molecule has 0 bridgehead atoms. The highest BCUT2D eigenvalue weighted by Crippen LogP contribution is 2.36. The van der Waals surface area contributed by atoms with Crippen molar-refractivity contribution in [1.82, 2.24) is 0 Å². The summed E-state index contributed by atoms with van der Waals surface area (Å²) < 4.78 is 76.5. The highest BCUT2D eigenvalue weighted by atomic mass is 19.4. The van der Waals surface area contributed by atoms with Gasteiger partial charge in [0.2, 0.25) is 0 Å². The van der Waals surface area contributed by atoms with Crippen LogP contribution in [0.3, 0.4) is 0 Å². The third-order valence-corrected chi connectivity index (χ3v) is 4.38. The molecule has 0 aliphatic carbocycles. The summed E-state index contributed by atoms with van der Waals surface area (Å²) in [5.74, 6) is 0. The zero-order chi connectivity index (χ0) is 20.5. The molecule has 3 rings (SSSR count). The minimum absolute atomic E-state index is 0.419. The van der Waals surface area contributed by atoms with E-state index in [0.29, 0.717) is 27.8 Å². The molecule has 0 amide bonds. The Kier molecular flexibility index (Phi) is 5.21. The van der Waals surface area contributed by atoms with E-state index < -0.39 is 30.1 Å². The van der Waals surface area contributed by atoms with E-state index in [9.17, 15) is 31.4 Å². The van der Waals surface area contributed by atoms with Crippen molar-refractivity contribution in [3.63, 3.8) is 0 Å². The minimum atomic E-state index is -4.46. The topological polar surface area (TPSA) is 20.2 Å². The Hall–Kier alpha value is -2.80. The van der Waals surface area contributed by atoms with Gasteiger partial charge in [-0.15, -0.1) is 0 Å². The number of aliphatic hydroxyl groups is 1. The molecule has 0 radical (unpaired) electrons. The van der Waals surface area contributed by atoms with Crippen LogP contribution in [0, 0.1) is 0 Å². The number of aliphatic hydroxyl groups excluding tert-OH is 1.